The standard InChI is InChI=1S/C9H15N3O2S/c1-6(5-15-2)10-9(14)7-3-4-8(13)12-11-7/h6H,3-5H2,1-2H3,(H,10,14)(H,12,13). The molecule has 6 heteroatoms. The lowest BCUT2D eigenvalue weighted by molar-refractivity contribution is -0.121. The van der Waals surface area contributed by atoms with E-state index in [4.69, 9.17) is 0 Å². The summed E-state index contributed by atoms with van der Waals surface area (Å²) in [5.41, 5.74) is 2.71. The average molecular weight is 229 g/mol. The number of thioether (sulfide) groups is 1. The van der Waals surface area contributed by atoms with Crippen LogP contribution in [0.2, 0.25) is 0 Å². The van der Waals surface area contributed by atoms with Crippen LogP contribution in [0, 0.1) is 0 Å². The monoisotopic (exact) mass is 229 g/mol. The van der Waals surface area contributed by atoms with Gasteiger partial charge in [-0.1, -0.05) is 0 Å². The minimum absolute atomic E-state index is 0.118. The lowest BCUT2D eigenvalue weighted by Crippen LogP contribution is -2.41. The van der Waals surface area contributed by atoms with Crippen molar-refractivity contribution >= 4 is 29.3 Å². The van der Waals surface area contributed by atoms with E-state index in [1.165, 1.54) is 0 Å². The number of hydrogen-bond acceptors (Lipinski definition) is 4. The molecule has 1 rings (SSSR count). The maximum atomic E-state index is 11.6. The van der Waals surface area contributed by atoms with Gasteiger partial charge in [-0.25, -0.2) is 5.43 Å². The van der Waals surface area contributed by atoms with E-state index in [1.807, 2.05) is 13.2 Å². The molecule has 0 aromatic rings. The molecule has 1 heterocycles. The summed E-state index contributed by atoms with van der Waals surface area (Å²) in [5.74, 6) is 0.547. The highest BCUT2D eigenvalue weighted by Gasteiger charge is 2.19. The van der Waals surface area contributed by atoms with Gasteiger partial charge >= 0.3 is 0 Å². The number of rotatable bonds is 4. The van der Waals surface area contributed by atoms with Crippen molar-refractivity contribution in [3.05, 3.63) is 0 Å². The molecule has 1 unspecified atom stereocenters. The van der Waals surface area contributed by atoms with Gasteiger partial charge in [-0.2, -0.15) is 16.9 Å². The van der Waals surface area contributed by atoms with E-state index in [9.17, 15) is 9.59 Å². The molecule has 0 radical (unpaired) electrons. The smallest absolute Gasteiger partial charge is 0.267 e. The summed E-state index contributed by atoms with van der Waals surface area (Å²) in [6, 6.07) is 0.118. The third-order valence-corrected chi connectivity index (χ3v) is 2.79. The van der Waals surface area contributed by atoms with Crippen molar-refractivity contribution < 1.29 is 9.59 Å². The van der Waals surface area contributed by atoms with Gasteiger partial charge in [0.2, 0.25) is 5.91 Å². The summed E-state index contributed by atoms with van der Waals surface area (Å²) >= 11 is 1.67. The van der Waals surface area contributed by atoms with Crippen LogP contribution < -0.4 is 10.7 Å². The van der Waals surface area contributed by atoms with E-state index < -0.39 is 0 Å². The number of carbonyl (C=O) groups is 2. The molecule has 1 aliphatic heterocycles. The summed E-state index contributed by atoms with van der Waals surface area (Å²) in [7, 11) is 0. The Balaban J connectivity index is 2.43. The fraction of sp³-hybridized carbons (Fsp3) is 0.667. The largest absolute Gasteiger partial charge is 0.348 e. The van der Waals surface area contributed by atoms with Gasteiger partial charge < -0.3 is 5.32 Å². The third kappa shape index (κ3) is 3.91. The van der Waals surface area contributed by atoms with Crippen molar-refractivity contribution in [3.8, 4) is 0 Å². The van der Waals surface area contributed by atoms with Crippen LogP contribution in [0.15, 0.2) is 5.10 Å². The molecule has 0 spiro atoms. The number of nitrogens with one attached hydrogen (secondary N) is 2. The second kappa shape index (κ2) is 5.75. The van der Waals surface area contributed by atoms with Gasteiger partial charge in [0.05, 0.1) is 0 Å². The van der Waals surface area contributed by atoms with Gasteiger partial charge in [0, 0.05) is 24.6 Å². The molecule has 0 aromatic carbocycles. The third-order valence-electron chi connectivity index (χ3n) is 1.96. The summed E-state index contributed by atoms with van der Waals surface area (Å²) in [6.45, 7) is 1.94. The van der Waals surface area contributed by atoms with E-state index >= 15 is 0 Å². The van der Waals surface area contributed by atoms with Crippen LogP contribution in [0.4, 0.5) is 0 Å². The Hall–Kier alpha value is -1.04. The van der Waals surface area contributed by atoms with Crippen LogP contribution in [-0.4, -0.2) is 35.6 Å². The van der Waals surface area contributed by atoms with Gasteiger partial charge in [-0.15, -0.1) is 0 Å². The maximum absolute atomic E-state index is 11.6. The number of amides is 2. The Kier molecular flexibility index (Phi) is 4.61. The Bertz CT molecular complexity index is 291. The van der Waals surface area contributed by atoms with Gasteiger partial charge in [0.15, 0.2) is 0 Å². The van der Waals surface area contributed by atoms with Crippen LogP contribution in [0.3, 0.4) is 0 Å². The Labute approximate surface area is 93.1 Å². The highest BCUT2D eigenvalue weighted by molar-refractivity contribution is 7.98. The summed E-state index contributed by atoms with van der Waals surface area (Å²) < 4.78 is 0. The predicted molar refractivity (Wildman–Crippen MR) is 60.8 cm³/mol. The summed E-state index contributed by atoms with van der Waals surface area (Å²) in [5, 5.41) is 6.55. The van der Waals surface area contributed by atoms with Gasteiger partial charge in [-0.3, -0.25) is 9.59 Å². The second-order valence-corrected chi connectivity index (χ2v) is 4.33. The van der Waals surface area contributed by atoms with Crippen molar-refractivity contribution in [2.75, 3.05) is 12.0 Å². The highest BCUT2D eigenvalue weighted by Crippen LogP contribution is 2.01. The number of hydrazone groups is 1. The van der Waals surface area contributed by atoms with Crippen LogP contribution >= 0.6 is 11.8 Å². The maximum Gasteiger partial charge on any atom is 0.267 e. The molecular formula is C9H15N3O2S. The Morgan fingerprint density at radius 3 is 2.93 bits per heavy atom. The van der Waals surface area contributed by atoms with Crippen LogP contribution in [0.25, 0.3) is 0 Å². The van der Waals surface area contributed by atoms with E-state index in [0.717, 1.165) is 5.75 Å². The minimum Gasteiger partial charge on any atom is -0.348 e. The topological polar surface area (TPSA) is 70.6 Å². The molecule has 0 fully saturated rings. The second-order valence-electron chi connectivity index (χ2n) is 3.42. The molecule has 2 amide bonds. The van der Waals surface area contributed by atoms with Crippen molar-refractivity contribution in [3.63, 3.8) is 0 Å². The molecule has 1 aliphatic rings. The highest BCUT2D eigenvalue weighted by atomic mass is 32.2. The molecular weight excluding hydrogens is 214 g/mol. The summed E-state index contributed by atoms with van der Waals surface area (Å²) in [6.07, 6.45) is 2.74. The minimum atomic E-state index is -0.184. The van der Waals surface area contributed by atoms with Crippen molar-refractivity contribution in [1.29, 1.82) is 0 Å². The SMILES string of the molecule is CSCC(C)NC(=O)C1=NNC(=O)CC1. The zero-order chi connectivity index (χ0) is 11.3. The first-order valence-electron chi connectivity index (χ1n) is 4.78. The molecule has 2 N–H and O–H groups in total. The first-order valence-corrected chi connectivity index (χ1v) is 6.18. The molecule has 0 aliphatic carbocycles. The number of carbonyl (C=O) groups excluding carboxylic acids is 2. The summed E-state index contributed by atoms with van der Waals surface area (Å²) in [4.78, 5) is 22.4. The first-order chi connectivity index (χ1) is 7.13. The van der Waals surface area contributed by atoms with Crippen LogP contribution in [0.5, 0.6) is 0 Å². The van der Waals surface area contributed by atoms with Crippen molar-refractivity contribution in [2.45, 2.75) is 25.8 Å². The number of nitrogens with zero attached hydrogens (tertiary/aromatic N) is 1. The van der Waals surface area contributed by atoms with Crippen LogP contribution in [-0.2, 0) is 9.59 Å². The zero-order valence-corrected chi connectivity index (χ0v) is 9.69. The fourth-order valence-corrected chi connectivity index (χ4v) is 1.82. The van der Waals surface area contributed by atoms with E-state index in [2.05, 4.69) is 15.8 Å². The molecule has 15 heavy (non-hydrogen) atoms. The molecule has 84 valence electrons. The normalized spacial score (nSPS) is 17.7. The lowest BCUT2D eigenvalue weighted by Gasteiger charge is -2.15. The van der Waals surface area contributed by atoms with E-state index in [1.54, 1.807) is 11.8 Å². The molecule has 1 atom stereocenters. The molecule has 5 nitrogen and oxygen atoms in total. The average Bonchev–Trinajstić information content (AvgIpc) is 2.18. The Morgan fingerprint density at radius 1 is 1.67 bits per heavy atom. The van der Waals surface area contributed by atoms with Gasteiger partial charge in [-0.05, 0) is 13.2 Å². The predicted octanol–water partition coefficient (Wildman–Crippen LogP) is 0.120. The molecule has 0 saturated heterocycles. The van der Waals surface area contributed by atoms with Crippen molar-refractivity contribution in [1.82, 2.24) is 10.7 Å². The van der Waals surface area contributed by atoms with Gasteiger partial charge in [0.25, 0.3) is 5.91 Å². The fourth-order valence-electron chi connectivity index (χ4n) is 1.24. The van der Waals surface area contributed by atoms with E-state index in [-0.39, 0.29) is 17.9 Å². The quantitative estimate of drug-likeness (QED) is 0.719. The zero-order valence-electron chi connectivity index (χ0n) is 8.87. The van der Waals surface area contributed by atoms with Crippen molar-refractivity contribution in [2.24, 2.45) is 5.10 Å². The lowest BCUT2D eigenvalue weighted by atomic mass is 10.1. The molecule has 0 bridgehead atoms. The number of hydrogen-bond donors (Lipinski definition) is 2. The first kappa shape index (κ1) is 12.0. The van der Waals surface area contributed by atoms with E-state index in [0.29, 0.717) is 18.6 Å². The van der Waals surface area contributed by atoms with Crippen LogP contribution in [0.1, 0.15) is 19.8 Å². The molecule has 0 aromatic heterocycles. The van der Waals surface area contributed by atoms with Gasteiger partial charge in [0.1, 0.15) is 5.71 Å². The Morgan fingerprint density at radius 2 is 2.40 bits per heavy atom. The molecule has 0 saturated carbocycles.